The highest BCUT2D eigenvalue weighted by molar-refractivity contribution is 7.10. The quantitative estimate of drug-likeness (QED) is 0.712. The van der Waals surface area contributed by atoms with E-state index in [0.29, 0.717) is 18.7 Å². The Morgan fingerprint density at radius 3 is 2.17 bits per heavy atom. The minimum absolute atomic E-state index is 0.121. The molecular weight excluding hydrogens is 328 g/mol. The van der Waals surface area contributed by atoms with Crippen molar-refractivity contribution in [2.75, 3.05) is 0 Å². The lowest BCUT2D eigenvalue weighted by Crippen LogP contribution is -2.31. The highest BCUT2D eigenvalue weighted by atomic mass is 32.1. The number of carbonyl (C=O) groups is 1. The van der Waals surface area contributed by atoms with Crippen LogP contribution in [0, 0.1) is 0 Å². The summed E-state index contributed by atoms with van der Waals surface area (Å²) < 4.78 is 1.46. The van der Waals surface area contributed by atoms with E-state index in [1.165, 1.54) is 10.6 Å². The van der Waals surface area contributed by atoms with Gasteiger partial charge < -0.3 is 9.47 Å². The number of amides is 1. The van der Waals surface area contributed by atoms with Gasteiger partial charge in [-0.3, -0.25) is 9.59 Å². The van der Waals surface area contributed by atoms with Gasteiger partial charge in [-0.2, -0.15) is 0 Å². The van der Waals surface area contributed by atoms with E-state index in [9.17, 15) is 9.59 Å². The highest BCUT2D eigenvalue weighted by Gasteiger charge is 2.18. The molecule has 3 aromatic heterocycles. The fourth-order valence-corrected chi connectivity index (χ4v) is 3.68. The highest BCUT2D eigenvalue weighted by Crippen LogP contribution is 2.19. The van der Waals surface area contributed by atoms with Gasteiger partial charge >= 0.3 is 0 Å². The molecule has 3 aromatic rings. The summed E-state index contributed by atoms with van der Waals surface area (Å²) in [5, 5.41) is 4.00. The van der Waals surface area contributed by atoms with Gasteiger partial charge in [-0.05, 0) is 29.0 Å². The molecule has 3 rings (SSSR count). The molecule has 0 N–H and O–H groups in total. The van der Waals surface area contributed by atoms with Crippen LogP contribution < -0.4 is 5.56 Å². The van der Waals surface area contributed by atoms with Crippen LogP contribution in [-0.2, 0) is 20.1 Å². The topological polar surface area (TPSA) is 42.3 Å². The van der Waals surface area contributed by atoms with Crippen LogP contribution in [-0.4, -0.2) is 15.4 Å². The van der Waals surface area contributed by atoms with Crippen molar-refractivity contribution in [3.05, 3.63) is 79.0 Å². The molecule has 0 aliphatic rings. The van der Waals surface area contributed by atoms with Crippen LogP contribution in [0.25, 0.3) is 0 Å². The molecule has 0 aliphatic heterocycles. The maximum absolute atomic E-state index is 12.8. The Morgan fingerprint density at radius 2 is 1.70 bits per heavy atom. The summed E-state index contributed by atoms with van der Waals surface area (Å²) in [6, 6.07) is 11.1. The van der Waals surface area contributed by atoms with Gasteiger partial charge in [0.2, 0.25) is 0 Å². The van der Waals surface area contributed by atoms with E-state index in [1.54, 1.807) is 46.9 Å². The second-order valence-corrected chi connectivity index (χ2v) is 7.25. The van der Waals surface area contributed by atoms with Gasteiger partial charge in [0, 0.05) is 34.6 Å². The van der Waals surface area contributed by atoms with E-state index in [-0.39, 0.29) is 11.5 Å². The molecule has 0 saturated heterocycles. The Hall–Kier alpha value is -2.18. The third-order valence-electron chi connectivity index (χ3n) is 3.49. The normalized spacial score (nSPS) is 10.7. The van der Waals surface area contributed by atoms with Crippen molar-refractivity contribution in [2.45, 2.75) is 13.1 Å². The maximum Gasteiger partial charge on any atom is 0.254 e. The third-order valence-corrected chi connectivity index (χ3v) is 5.21. The van der Waals surface area contributed by atoms with Gasteiger partial charge in [0.25, 0.3) is 11.5 Å². The molecule has 0 bridgehead atoms. The number of aryl methyl sites for hydroxylation is 1. The molecule has 118 valence electrons. The zero-order chi connectivity index (χ0) is 16.2. The lowest BCUT2D eigenvalue weighted by molar-refractivity contribution is 0.0733. The van der Waals surface area contributed by atoms with Crippen LogP contribution in [0.1, 0.15) is 20.1 Å². The fraction of sp³-hybridized carbons (Fsp3) is 0.176. The van der Waals surface area contributed by atoms with Crippen molar-refractivity contribution < 1.29 is 4.79 Å². The van der Waals surface area contributed by atoms with E-state index in [0.717, 1.165) is 9.75 Å². The summed E-state index contributed by atoms with van der Waals surface area (Å²) in [7, 11) is 1.67. The Kier molecular flexibility index (Phi) is 4.73. The second kappa shape index (κ2) is 6.93. The van der Waals surface area contributed by atoms with Gasteiger partial charge in [-0.1, -0.05) is 12.1 Å². The van der Waals surface area contributed by atoms with Crippen LogP contribution in [0.4, 0.5) is 0 Å². The van der Waals surface area contributed by atoms with Crippen molar-refractivity contribution in [1.82, 2.24) is 9.47 Å². The van der Waals surface area contributed by atoms with Crippen LogP contribution in [0.5, 0.6) is 0 Å². The van der Waals surface area contributed by atoms with Crippen LogP contribution in [0.15, 0.2) is 58.1 Å². The number of hydrogen-bond donors (Lipinski definition) is 0. The first-order valence-electron chi connectivity index (χ1n) is 7.14. The number of pyridine rings is 1. The van der Waals surface area contributed by atoms with E-state index in [4.69, 9.17) is 0 Å². The minimum atomic E-state index is -0.178. The molecule has 23 heavy (non-hydrogen) atoms. The lowest BCUT2D eigenvalue weighted by Gasteiger charge is -2.21. The fourth-order valence-electron chi connectivity index (χ4n) is 2.24. The largest absolute Gasteiger partial charge is 0.328 e. The third kappa shape index (κ3) is 3.78. The first kappa shape index (κ1) is 15.7. The molecule has 0 atom stereocenters. The standard InChI is InChI=1S/C17H16N2O2S2/c1-18-7-6-13(10-16(18)20)17(21)19(11-14-4-2-8-22-14)12-15-5-3-9-23-15/h2-10H,11-12H2,1H3. The predicted octanol–water partition coefficient (Wildman–Crippen LogP) is 3.35. The number of carbonyl (C=O) groups excluding carboxylic acids is 1. The van der Waals surface area contributed by atoms with Crippen molar-refractivity contribution in [2.24, 2.45) is 7.05 Å². The number of rotatable bonds is 5. The van der Waals surface area contributed by atoms with Gasteiger partial charge in [0.15, 0.2) is 0 Å². The molecule has 3 heterocycles. The zero-order valence-corrected chi connectivity index (χ0v) is 14.3. The Bertz CT molecular complexity index is 800. The summed E-state index contributed by atoms with van der Waals surface area (Å²) in [5.41, 5.74) is 0.254. The van der Waals surface area contributed by atoms with E-state index < -0.39 is 0 Å². The van der Waals surface area contributed by atoms with Gasteiger partial charge in [-0.25, -0.2) is 0 Å². The molecule has 6 heteroatoms. The molecule has 1 amide bonds. The average Bonchev–Trinajstić information content (AvgIpc) is 3.22. The molecule has 0 radical (unpaired) electrons. The second-order valence-electron chi connectivity index (χ2n) is 5.18. The Balaban J connectivity index is 1.87. The first-order chi connectivity index (χ1) is 11.1. The first-order valence-corrected chi connectivity index (χ1v) is 8.90. The van der Waals surface area contributed by atoms with Crippen molar-refractivity contribution in [3.63, 3.8) is 0 Å². The summed E-state index contributed by atoms with van der Waals surface area (Å²) in [6.45, 7) is 1.09. The molecule has 0 unspecified atom stereocenters. The molecule has 0 aromatic carbocycles. The molecule has 0 aliphatic carbocycles. The summed E-state index contributed by atoms with van der Waals surface area (Å²) >= 11 is 3.25. The van der Waals surface area contributed by atoms with Gasteiger partial charge in [0.1, 0.15) is 0 Å². The molecular formula is C17H16N2O2S2. The molecule has 0 fully saturated rings. The van der Waals surface area contributed by atoms with Crippen LogP contribution in [0.3, 0.4) is 0 Å². The van der Waals surface area contributed by atoms with E-state index >= 15 is 0 Å². The monoisotopic (exact) mass is 344 g/mol. The number of thiophene rings is 2. The SMILES string of the molecule is Cn1ccc(C(=O)N(Cc2cccs2)Cc2cccs2)cc1=O. The van der Waals surface area contributed by atoms with Gasteiger partial charge in [-0.15, -0.1) is 22.7 Å². The predicted molar refractivity (Wildman–Crippen MR) is 93.9 cm³/mol. The van der Waals surface area contributed by atoms with E-state index in [2.05, 4.69) is 0 Å². The number of nitrogens with zero attached hydrogens (tertiary/aromatic N) is 2. The molecule has 4 nitrogen and oxygen atoms in total. The van der Waals surface area contributed by atoms with Crippen LogP contribution in [0.2, 0.25) is 0 Å². The smallest absolute Gasteiger partial charge is 0.254 e. The average molecular weight is 344 g/mol. The Morgan fingerprint density at radius 1 is 1.09 bits per heavy atom. The summed E-state index contributed by atoms with van der Waals surface area (Å²) in [4.78, 5) is 28.7. The van der Waals surface area contributed by atoms with Crippen LogP contribution >= 0.6 is 22.7 Å². The Labute approximate surface area is 142 Å². The summed E-state index contributed by atoms with van der Waals surface area (Å²) in [6.07, 6.45) is 1.63. The van der Waals surface area contributed by atoms with Crippen molar-refractivity contribution in [3.8, 4) is 0 Å². The van der Waals surface area contributed by atoms with Gasteiger partial charge in [0.05, 0.1) is 13.1 Å². The van der Waals surface area contributed by atoms with E-state index in [1.807, 2.05) is 35.0 Å². The zero-order valence-electron chi connectivity index (χ0n) is 12.6. The molecule has 0 saturated carbocycles. The number of aromatic nitrogens is 1. The number of hydrogen-bond acceptors (Lipinski definition) is 4. The van der Waals surface area contributed by atoms with Crippen molar-refractivity contribution >= 4 is 28.6 Å². The van der Waals surface area contributed by atoms with Crippen molar-refractivity contribution in [1.29, 1.82) is 0 Å². The summed E-state index contributed by atoms with van der Waals surface area (Å²) in [5.74, 6) is -0.121. The minimum Gasteiger partial charge on any atom is -0.328 e. The lowest BCUT2D eigenvalue weighted by atomic mass is 10.2. The molecule has 0 spiro atoms. The maximum atomic E-state index is 12.8.